The summed E-state index contributed by atoms with van der Waals surface area (Å²) in [5, 5.41) is 0. The fraction of sp³-hybridized carbons (Fsp3) is 0.600. The third-order valence-electron chi connectivity index (χ3n) is 6.90. The molecule has 1 aliphatic heterocycles. The quantitative estimate of drug-likeness (QED) is 0.659. The summed E-state index contributed by atoms with van der Waals surface area (Å²) in [5.41, 5.74) is 3.02. The van der Waals surface area contributed by atoms with E-state index in [0.717, 1.165) is 45.6 Å². The van der Waals surface area contributed by atoms with Crippen LogP contribution in [0.2, 0.25) is 0 Å². The van der Waals surface area contributed by atoms with Crippen molar-refractivity contribution in [2.75, 3.05) is 52.2 Å². The van der Waals surface area contributed by atoms with Gasteiger partial charge in [0.2, 0.25) is 5.89 Å². The van der Waals surface area contributed by atoms with Gasteiger partial charge in [0.15, 0.2) is 5.69 Å². The molecule has 0 spiro atoms. The van der Waals surface area contributed by atoms with E-state index in [2.05, 4.69) is 58.0 Å². The minimum absolute atomic E-state index is 0.0167. The Kier molecular flexibility index (Phi) is 7.48. The first-order valence-electron chi connectivity index (χ1n) is 11.9. The zero-order valence-corrected chi connectivity index (χ0v) is 19.8. The minimum atomic E-state index is -0.0167. The van der Waals surface area contributed by atoms with E-state index in [4.69, 9.17) is 4.42 Å². The Labute approximate surface area is 192 Å². The lowest BCUT2D eigenvalue weighted by atomic mass is 9.94. The number of nitrogens with zero attached hydrogens (tertiary/aromatic N) is 5. The maximum absolute atomic E-state index is 12.8. The summed E-state index contributed by atoms with van der Waals surface area (Å²) in [6.45, 7) is 5.63. The Bertz CT molecular complexity index is 865. The Hall–Kier alpha value is -2.38. The molecule has 0 unspecified atom stereocenters. The number of aromatic nitrogens is 1. The third kappa shape index (κ3) is 5.70. The highest BCUT2D eigenvalue weighted by Crippen LogP contribution is 2.23. The van der Waals surface area contributed by atoms with Crippen LogP contribution in [0.5, 0.6) is 0 Å². The molecule has 0 N–H and O–H groups in total. The average Bonchev–Trinajstić information content (AvgIpc) is 3.29. The molecule has 0 atom stereocenters. The summed E-state index contributed by atoms with van der Waals surface area (Å²) in [6.07, 6.45) is 7.42. The van der Waals surface area contributed by atoms with Crippen LogP contribution in [0.1, 0.15) is 54.0 Å². The van der Waals surface area contributed by atoms with Gasteiger partial charge in [0.05, 0.1) is 6.54 Å². The number of piperazine rings is 1. The van der Waals surface area contributed by atoms with Gasteiger partial charge in [0.1, 0.15) is 6.26 Å². The number of benzene rings is 1. The number of hydrogen-bond acceptors (Lipinski definition) is 6. The van der Waals surface area contributed by atoms with Crippen LogP contribution in [0.15, 0.2) is 34.9 Å². The van der Waals surface area contributed by atoms with Gasteiger partial charge in [-0.05, 0) is 30.5 Å². The van der Waals surface area contributed by atoms with Crippen molar-refractivity contribution in [1.82, 2.24) is 19.7 Å². The van der Waals surface area contributed by atoms with Crippen molar-refractivity contribution in [3.05, 3.63) is 47.7 Å². The van der Waals surface area contributed by atoms with Gasteiger partial charge in [-0.1, -0.05) is 31.4 Å². The number of carbonyl (C=O) groups excluding carboxylic acids is 1. The molecule has 1 aromatic carbocycles. The number of anilines is 1. The Morgan fingerprint density at radius 3 is 2.22 bits per heavy atom. The van der Waals surface area contributed by atoms with Crippen LogP contribution >= 0.6 is 0 Å². The first-order valence-corrected chi connectivity index (χ1v) is 11.9. The second-order valence-electron chi connectivity index (χ2n) is 9.45. The molecule has 2 aromatic rings. The fourth-order valence-corrected chi connectivity index (χ4v) is 4.75. The molecule has 2 fully saturated rings. The molecule has 7 nitrogen and oxygen atoms in total. The third-order valence-corrected chi connectivity index (χ3v) is 6.90. The Morgan fingerprint density at radius 1 is 0.969 bits per heavy atom. The van der Waals surface area contributed by atoms with Gasteiger partial charge in [-0.3, -0.25) is 14.6 Å². The van der Waals surface area contributed by atoms with Gasteiger partial charge < -0.3 is 14.2 Å². The topological polar surface area (TPSA) is 56.1 Å². The van der Waals surface area contributed by atoms with Gasteiger partial charge in [-0.25, -0.2) is 4.98 Å². The molecule has 0 radical (unpaired) electrons. The normalized spacial score (nSPS) is 18.6. The van der Waals surface area contributed by atoms with Gasteiger partial charge in [-0.15, -0.1) is 0 Å². The van der Waals surface area contributed by atoms with Crippen LogP contribution < -0.4 is 4.90 Å². The molecule has 4 rings (SSSR count). The van der Waals surface area contributed by atoms with Gasteiger partial charge in [0.25, 0.3) is 5.91 Å². The molecule has 1 amide bonds. The van der Waals surface area contributed by atoms with E-state index in [-0.39, 0.29) is 5.91 Å². The fourth-order valence-electron chi connectivity index (χ4n) is 4.75. The van der Waals surface area contributed by atoms with Crippen LogP contribution in [-0.2, 0) is 13.1 Å². The van der Waals surface area contributed by atoms with Crippen molar-refractivity contribution in [1.29, 1.82) is 0 Å². The Morgan fingerprint density at radius 2 is 1.59 bits per heavy atom. The highest BCUT2D eigenvalue weighted by molar-refractivity contribution is 5.92. The molecular formula is C25H37N5O2. The van der Waals surface area contributed by atoms with E-state index in [1.54, 1.807) is 0 Å². The molecule has 1 saturated heterocycles. The molecule has 1 aliphatic carbocycles. The smallest absolute Gasteiger partial charge is 0.275 e. The second-order valence-corrected chi connectivity index (χ2v) is 9.45. The van der Waals surface area contributed by atoms with E-state index >= 15 is 0 Å². The summed E-state index contributed by atoms with van der Waals surface area (Å²) in [7, 11) is 6.03. The number of rotatable bonds is 7. The predicted molar refractivity (Wildman–Crippen MR) is 127 cm³/mol. The molecule has 1 saturated carbocycles. The van der Waals surface area contributed by atoms with Crippen molar-refractivity contribution in [3.8, 4) is 0 Å². The number of hydrogen-bond donors (Lipinski definition) is 0. The van der Waals surface area contributed by atoms with Gasteiger partial charge >= 0.3 is 0 Å². The lowest BCUT2D eigenvalue weighted by Crippen LogP contribution is -2.45. The van der Waals surface area contributed by atoms with Crippen molar-refractivity contribution in [2.45, 2.75) is 51.2 Å². The van der Waals surface area contributed by atoms with E-state index < -0.39 is 0 Å². The maximum Gasteiger partial charge on any atom is 0.275 e. The van der Waals surface area contributed by atoms with Gasteiger partial charge in [-0.2, -0.15) is 0 Å². The molecule has 1 aromatic heterocycles. The summed E-state index contributed by atoms with van der Waals surface area (Å²) >= 11 is 0. The molecule has 7 heteroatoms. The largest absolute Gasteiger partial charge is 0.447 e. The highest BCUT2D eigenvalue weighted by Gasteiger charge is 2.26. The summed E-state index contributed by atoms with van der Waals surface area (Å²) in [5.74, 6) is 0.620. The number of oxazole rings is 1. The summed E-state index contributed by atoms with van der Waals surface area (Å²) in [4.78, 5) is 26.2. The SMILES string of the molecule is CN(C)c1ccc(CN2CCN(Cc3nc(C(=O)N(C)C4CCCCC4)co3)CC2)cc1. The van der Waals surface area contributed by atoms with Crippen LogP contribution in [0.3, 0.4) is 0 Å². The maximum atomic E-state index is 12.8. The van der Waals surface area contributed by atoms with E-state index in [9.17, 15) is 4.79 Å². The summed E-state index contributed by atoms with van der Waals surface area (Å²) < 4.78 is 5.66. The van der Waals surface area contributed by atoms with Crippen LogP contribution in [0.4, 0.5) is 5.69 Å². The van der Waals surface area contributed by atoms with Crippen LogP contribution in [0.25, 0.3) is 0 Å². The first-order chi connectivity index (χ1) is 15.5. The molecule has 0 bridgehead atoms. The van der Waals surface area contributed by atoms with E-state index in [1.807, 2.05) is 11.9 Å². The van der Waals surface area contributed by atoms with Crippen molar-refractivity contribution >= 4 is 11.6 Å². The van der Waals surface area contributed by atoms with Crippen LogP contribution in [0, 0.1) is 0 Å². The predicted octanol–water partition coefficient (Wildman–Crippen LogP) is 3.46. The average molecular weight is 440 g/mol. The first kappa shape index (κ1) is 22.8. The lowest BCUT2D eigenvalue weighted by molar-refractivity contribution is 0.0690. The number of amides is 1. The molecular weight excluding hydrogens is 402 g/mol. The number of carbonyl (C=O) groups is 1. The van der Waals surface area contributed by atoms with E-state index in [0.29, 0.717) is 24.2 Å². The Balaban J connectivity index is 1.24. The molecule has 2 aliphatic rings. The molecule has 2 heterocycles. The zero-order chi connectivity index (χ0) is 22.5. The minimum Gasteiger partial charge on any atom is -0.447 e. The second kappa shape index (κ2) is 10.5. The monoisotopic (exact) mass is 439 g/mol. The van der Waals surface area contributed by atoms with Gasteiger partial charge in [0, 0.05) is 65.6 Å². The lowest BCUT2D eigenvalue weighted by Gasteiger charge is -2.34. The van der Waals surface area contributed by atoms with Crippen molar-refractivity contribution < 1.29 is 9.21 Å². The van der Waals surface area contributed by atoms with Crippen molar-refractivity contribution in [2.24, 2.45) is 0 Å². The van der Waals surface area contributed by atoms with E-state index in [1.165, 1.54) is 36.8 Å². The van der Waals surface area contributed by atoms with Crippen LogP contribution in [-0.4, -0.2) is 79.0 Å². The zero-order valence-electron chi connectivity index (χ0n) is 19.8. The highest BCUT2D eigenvalue weighted by atomic mass is 16.3. The summed E-state index contributed by atoms with van der Waals surface area (Å²) in [6, 6.07) is 9.13. The standard InChI is InChI=1S/C25H37N5O2/c1-27(2)21-11-9-20(10-12-21)17-29-13-15-30(16-14-29)18-24-26-23(19-32-24)25(31)28(3)22-7-5-4-6-8-22/h9-12,19,22H,4-8,13-18H2,1-3H3. The molecule has 32 heavy (non-hydrogen) atoms. The molecule has 174 valence electrons. The van der Waals surface area contributed by atoms with Crippen molar-refractivity contribution in [3.63, 3.8) is 0 Å².